The summed E-state index contributed by atoms with van der Waals surface area (Å²) in [5.41, 5.74) is -1.07. The Kier molecular flexibility index (Phi) is 3.42. The molecule has 0 atom stereocenters. The number of carboxylic acids is 1. The number of aromatic carboxylic acids is 1. The van der Waals surface area contributed by atoms with Crippen molar-refractivity contribution in [2.75, 3.05) is 5.32 Å². The molecule has 1 aromatic carbocycles. The highest BCUT2D eigenvalue weighted by molar-refractivity contribution is 6.03. The average molecular weight is 286 g/mol. The second kappa shape index (κ2) is 5.03. The molecule has 2 aromatic rings. The van der Waals surface area contributed by atoms with Crippen LogP contribution < -0.4 is 5.32 Å². The summed E-state index contributed by atoms with van der Waals surface area (Å²) in [6.45, 7) is 0. The number of amides is 1. The highest BCUT2D eigenvalue weighted by Crippen LogP contribution is 2.19. The zero-order chi connectivity index (χ0) is 14.9. The topological polar surface area (TPSA) is 92.4 Å². The fourth-order valence-corrected chi connectivity index (χ4v) is 1.29. The summed E-state index contributed by atoms with van der Waals surface area (Å²) in [5.74, 6) is -7.04. The number of halogens is 3. The lowest BCUT2D eigenvalue weighted by atomic mass is 10.2. The number of carboxylic acid groups (broad SMARTS) is 1. The molecule has 0 saturated carbocycles. The summed E-state index contributed by atoms with van der Waals surface area (Å²) < 4.78 is 43.2. The molecule has 20 heavy (non-hydrogen) atoms. The van der Waals surface area contributed by atoms with Crippen molar-refractivity contribution in [1.29, 1.82) is 0 Å². The number of aromatic nitrogens is 1. The molecule has 0 spiro atoms. The van der Waals surface area contributed by atoms with Crippen molar-refractivity contribution in [3.63, 3.8) is 0 Å². The third-order valence-corrected chi connectivity index (χ3v) is 2.21. The number of nitrogens with one attached hydrogen (secondary N) is 1. The summed E-state index contributed by atoms with van der Waals surface area (Å²) in [6.07, 6.45) is 0. The summed E-state index contributed by atoms with van der Waals surface area (Å²) in [7, 11) is 0. The van der Waals surface area contributed by atoms with Gasteiger partial charge >= 0.3 is 5.97 Å². The Morgan fingerprint density at radius 1 is 1.10 bits per heavy atom. The Morgan fingerprint density at radius 3 is 2.35 bits per heavy atom. The van der Waals surface area contributed by atoms with Gasteiger partial charge in [0.05, 0.1) is 5.69 Å². The van der Waals surface area contributed by atoms with E-state index in [1.54, 1.807) is 0 Å². The number of hydrogen-bond donors (Lipinski definition) is 2. The molecule has 104 valence electrons. The molecule has 6 nitrogen and oxygen atoms in total. The predicted octanol–water partition coefficient (Wildman–Crippen LogP) is 2.04. The van der Waals surface area contributed by atoms with E-state index >= 15 is 0 Å². The molecular formula is C11H5F3N2O4. The first-order valence-electron chi connectivity index (χ1n) is 5.04. The van der Waals surface area contributed by atoms with Crippen LogP contribution in [-0.2, 0) is 0 Å². The van der Waals surface area contributed by atoms with Crippen LogP contribution in [0, 0.1) is 17.5 Å². The van der Waals surface area contributed by atoms with Gasteiger partial charge in [0.25, 0.3) is 5.91 Å². The molecule has 1 amide bonds. The summed E-state index contributed by atoms with van der Waals surface area (Å²) in [6, 6.07) is 1.51. The van der Waals surface area contributed by atoms with E-state index in [1.807, 2.05) is 5.32 Å². The van der Waals surface area contributed by atoms with Gasteiger partial charge in [0.1, 0.15) is 5.82 Å². The molecule has 0 bridgehead atoms. The van der Waals surface area contributed by atoms with Crippen LogP contribution in [0.4, 0.5) is 18.9 Å². The van der Waals surface area contributed by atoms with Gasteiger partial charge in [-0.2, -0.15) is 0 Å². The Labute approximate surface area is 108 Å². The third kappa shape index (κ3) is 2.60. The number of nitrogens with zero attached hydrogens (tertiary/aromatic N) is 1. The quantitative estimate of drug-likeness (QED) is 0.842. The van der Waals surface area contributed by atoms with Gasteiger partial charge in [-0.3, -0.25) is 4.79 Å². The van der Waals surface area contributed by atoms with E-state index in [4.69, 9.17) is 5.11 Å². The van der Waals surface area contributed by atoms with Crippen molar-refractivity contribution in [3.05, 3.63) is 47.1 Å². The Hall–Kier alpha value is -2.84. The third-order valence-electron chi connectivity index (χ3n) is 2.21. The van der Waals surface area contributed by atoms with Crippen molar-refractivity contribution in [2.45, 2.75) is 0 Å². The molecule has 9 heteroatoms. The fourth-order valence-electron chi connectivity index (χ4n) is 1.29. The lowest BCUT2D eigenvalue weighted by Crippen LogP contribution is -2.14. The average Bonchev–Trinajstić information content (AvgIpc) is 2.85. The molecule has 0 fully saturated rings. The van der Waals surface area contributed by atoms with E-state index in [-0.39, 0.29) is 6.07 Å². The summed E-state index contributed by atoms with van der Waals surface area (Å²) in [4.78, 5) is 22.1. The Balaban J connectivity index is 2.23. The normalized spacial score (nSPS) is 10.3. The van der Waals surface area contributed by atoms with Crippen molar-refractivity contribution in [2.24, 2.45) is 0 Å². The van der Waals surface area contributed by atoms with Crippen molar-refractivity contribution in [1.82, 2.24) is 5.16 Å². The van der Waals surface area contributed by atoms with Gasteiger partial charge in [0, 0.05) is 18.2 Å². The molecule has 1 heterocycles. The Morgan fingerprint density at radius 2 is 1.75 bits per heavy atom. The molecule has 0 radical (unpaired) electrons. The SMILES string of the molecule is O=C(Nc1cc(F)c(F)cc1F)c1cc(C(=O)O)on1. The molecule has 0 aliphatic rings. The minimum absolute atomic E-state index is 0.260. The number of rotatable bonds is 3. The molecule has 0 saturated heterocycles. The van der Waals surface area contributed by atoms with E-state index in [9.17, 15) is 22.8 Å². The van der Waals surface area contributed by atoms with Crippen molar-refractivity contribution < 1.29 is 32.4 Å². The van der Waals surface area contributed by atoms with E-state index in [1.165, 1.54) is 0 Å². The van der Waals surface area contributed by atoms with Gasteiger partial charge in [-0.1, -0.05) is 5.16 Å². The van der Waals surface area contributed by atoms with Gasteiger partial charge in [0.15, 0.2) is 17.3 Å². The Bertz CT molecular complexity index is 699. The van der Waals surface area contributed by atoms with Crippen LogP contribution in [0.25, 0.3) is 0 Å². The second-order valence-electron chi connectivity index (χ2n) is 3.58. The molecule has 0 unspecified atom stereocenters. The molecule has 2 rings (SSSR count). The molecule has 0 aliphatic heterocycles. The highest BCUT2D eigenvalue weighted by atomic mass is 19.2. The minimum Gasteiger partial charge on any atom is -0.475 e. The smallest absolute Gasteiger partial charge is 0.374 e. The standard InChI is InChI=1S/C11H5F3N2O4/c12-4-1-6(14)7(2-5(4)13)15-10(17)8-3-9(11(18)19)20-16-8/h1-3H,(H,15,17)(H,18,19). The first kappa shape index (κ1) is 13.6. The predicted molar refractivity (Wildman–Crippen MR) is 57.7 cm³/mol. The molecule has 2 N–H and O–H groups in total. The number of carbonyl (C=O) groups is 2. The maximum Gasteiger partial charge on any atom is 0.374 e. The maximum atomic E-state index is 13.3. The van der Waals surface area contributed by atoms with Crippen LogP contribution in [0.1, 0.15) is 21.0 Å². The number of carbonyl (C=O) groups excluding carboxylic acids is 1. The van der Waals surface area contributed by atoms with Crippen LogP contribution in [0.2, 0.25) is 0 Å². The fraction of sp³-hybridized carbons (Fsp3) is 0. The number of anilines is 1. The summed E-state index contributed by atoms with van der Waals surface area (Å²) >= 11 is 0. The van der Waals surface area contributed by atoms with Crippen LogP contribution in [-0.4, -0.2) is 22.1 Å². The van der Waals surface area contributed by atoms with Crippen molar-refractivity contribution in [3.8, 4) is 0 Å². The highest BCUT2D eigenvalue weighted by Gasteiger charge is 2.18. The van der Waals surface area contributed by atoms with Gasteiger partial charge in [-0.15, -0.1) is 0 Å². The van der Waals surface area contributed by atoms with E-state index < -0.39 is 46.5 Å². The lowest BCUT2D eigenvalue weighted by Gasteiger charge is -2.04. The maximum absolute atomic E-state index is 13.3. The van der Waals surface area contributed by atoms with Gasteiger partial charge < -0.3 is 14.9 Å². The first-order valence-corrected chi connectivity index (χ1v) is 5.04. The number of hydrogen-bond acceptors (Lipinski definition) is 4. The zero-order valence-corrected chi connectivity index (χ0v) is 9.49. The summed E-state index contributed by atoms with van der Waals surface area (Å²) in [5, 5.41) is 13.6. The van der Waals surface area contributed by atoms with E-state index in [0.29, 0.717) is 6.07 Å². The second-order valence-corrected chi connectivity index (χ2v) is 3.58. The first-order chi connectivity index (χ1) is 9.38. The minimum atomic E-state index is -1.45. The van der Waals surface area contributed by atoms with Crippen molar-refractivity contribution >= 4 is 17.6 Å². The van der Waals surface area contributed by atoms with Crippen LogP contribution in [0.3, 0.4) is 0 Å². The monoisotopic (exact) mass is 286 g/mol. The molecule has 0 aliphatic carbocycles. The van der Waals surface area contributed by atoms with E-state index in [2.05, 4.69) is 9.68 Å². The zero-order valence-electron chi connectivity index (χ0n) is 9.49. The largest absolute Gasteiger partial charge is 0.475 e. The van der Waals surface area contributed by atoms with Gasteiger partial charge in [-0.05, 0) is 0 Å². The lowest BCUT2D eigenvalue weighted by molar-refractivity contribution is 0.0651. The van der Waals surface area contributed by atoms with Crippen LogP contribution in [0.5, 0.6) is 0 Å². The van der Waals surface area contributed by atoms with Crippen LogP contribution in [0.15, 0.2) is 22.7 Å². The number of benzene rings is 1. The van der Waals surface area contributed by atoms with Crippen LogP contribution >= 0.6 is 0 Å². The molecular weight excluding hydrogens is 281 g/mol. The van der Waals surface area contributed by atoms with E-state index in [0.717, 1.165) is 6.07 Å². The molecule has 1 aromatic heterocycles. The van der Waals surface area contributed by atoms with Gasteiger partial charge in [0.2, 0.25) is 5.76 Å². The van der Waals surface area contributed by atoms with Gasteiger partial charge in [-0.25, -0.2) is 18.0 Å².